The Hall–Kier alpha value is -2.40. The van der Waals surface area contributed by atoms with Crippen LogP contribution in [-0.4, -0.2) is 15.8 Å². The van der Waals surface area contributed by atoms with Gasteiger partial charge in [-0.25, -0.2) is 0 Å². The topological polar surface area (TPSA) is 72.6 Å². The fourth-order valence-electron chi connectivity index (χ4n) is 3.05. The number of nitrogens with zero attached hydrogens (tertiary/aromatic N) is 1. The van der Waals surface area contributed by atoms with Gasteiger partial charge < -0.3 is 5.11 Å². The number of benzene rings is 2. The predicted molar refractivity (Wildman–Crippen MR) is 85.4 cm³/mol. The average Bonchev–Trinajstić information content (AvgIpc) is 3.26. The molecule has 0 aromatic heterocycles. The first-order chi connectivity index (χ1) is 10.9. The molecule has 0 radical (unpaired) electrons. The molecule has 0 aliphatic heterocycles. The van der Waals surface area contributed by atoms with E-state index in [2.05, 4.69) is 0 Å². The van der Waals surface area contributed by atoms with Gasteiger partial charge in [-0.2, -0.15) is 0 Å². The van der Waals surface area contributed by atoms with Crippen molar-refractivity contribution in [2.75, 3.05) is 0 Å². The smallest absolute Gasteiger partial charge is 0.295 e. The van der Waals surface area contributed by atoms with Gasteiger partial charge in [0.1, 0.15) is 5.60 Å². The van der Waals surface area contributed by atoms with Crippen LogP contribution in [0.1, 0.15) is 35.1 Å². The highest BCUT2D eigenvalue weighted by atomic mass is 17.0. The molecule has 0 atom stereocenters. The van der Waals surface area contributed by atoms with Crippen LogP contribution in [-0.2, 0) is 10.4 Å². The molecule has 0 saturated heterocycles. The number of hydrogen-bond acceptors (Lipinski definition) is 4. The first-order valence-electron chi connectivity index (χ1n) is 7.58. The van der Waals surface area contributed by atoms with Crippen LogP contribution in [0.4, 0.5) is 0 Å². The van der Waals surface area contributed by atoms with Crippen molar-refractivity contribution in [1.82, 2.24) is 0 Å². The monoisotopic (exact) mass is 313 g/mol. The van der Waals surface area contributed by atoms with Crippen molar-refractivity contribution in [3.63, 3.8) is 0 Å². The van der Waals surface area contributed by atoms with Crippen LogP contribution in [0.15, 0.2) is 48.5 Å². The molecule has 5 heteroatoms. The molecule has 2 aromatic carbocycles. The average molecular weight is 313 g/mol. The third-order valence-corrected chi connectivity index (χ3v) is 4.51. The van der Waals surface area contributed by atoms with E-state index >= 15 is 0 Å². The summed E-state index contributed by atoms with van der Waals surface area (Å²) in [4.78, 5) is 16.4. The van der Waals surface area contributed by atoms with E-state index in [-0.39, 0.29) is 0 Å². The van der Waals surface area contributed by atoms with E-state index in [9.17, 15) is 15.2 Å². The SMILES string of the molecule is Cc1ccc(C(O[N+](=O)[O-])(c2ccc(C)cc2)C2(O)CC2)cc1. The van der Waals surface area contributed by atoms with Crippen molar-refractivity contribution in [2.45, 2.75) is 37.9 Å². The summed E-state index contributed by atoms with van der Waals surface area (Å²) >= 11 is 0. The van der Waals surface area contributed by atoms with E-state index < -0.39 is 16.3 Å². The van der Waals surface area contributed by atoms with E-state index in [0.717, 1.165) is 11.1 Å². The van der Waals surface area contributed by atoms with Gasteiger partial charge >= 0.3 is 0 Å². The molecular weight excluding hydrogens is 294 g/mol. The molecule has 23 heavy (non-hydrogen) atoms. The zero-order valence-corrected chi connectivity index (χ0v) is 13.2. The molecule has 120 valence electrons. The quantitative estimate of drug-likeness (QED) is 0.679. The lowest BCUT2D eigenvalue weighted by Gasteiger charge is -2.37. The molecule has 0 unspecified atom stereocenters. The molecule has 3 rings (SSSR count). The van der Waals surface area contributed by atoms with Gasteiger partial charge in [0.25, 0.3) is 5.09 Å². The molecule has 0 bridgehead atoms. The molecule has 1 saturated carbocycles. The minimum atomic E-state index is -1.50. The number of aryl methyl sites for hydroxylation is 2. The van der Waals surface area contributed by atoms with Gasteiger partial charge in [-0.05, 0) is 37.8 Å². The summed E-state index contributed by atoms with van der Waals surface area (Å²) in [5, 5.41) is 21.3. The third-order valence-electron chi connectivity index (χ3n) is 4.51. The maximum Gasteiger partial charge on any atom is 0.295 e. The van der Waals surface area contributed by atoms with Gasteiger partial charge in [-0.15, -0.1) is 10.1 Å². The Balaban J connectivity index is 2.23. The number of hydrogen-bond donors (Lipinski definition) is 1. The Kier molecular flexibility index (Phi) is 3.60. The molecule has 1 fully saturated rings. The number of aliphatic hydroxyl groups is 1. The summed E-state index contributed by atoms with van der Waals surface area (Å²) in [6.45, 7) is 3.88. The second-order valence-electron chi connectivity index (χ2n) is 6.26. The molecule has 0 spiro atoms. The van der Waals surface area contributed by atoms with Crippen molar-refractivity contribution in [3.8, 4) is 0 Å². The molecule has 0 amide bonds. The molecule has 5 nitrogen and oxygen atoms in total. The highest BCUT2D eigenvalue weighted by Crippen LogP contribution is 2.55. The molecular formula is C18H19NO4. The minimum Gasteiger partial charge on any atom is -0.387 e. The van der Waals surface area contributed by atoms with E-state index in [1.165, 1.54) is 0 Å². The largest absolute Gasteiger partial charge is 0.387 e. The van der Waals surface area contributed by atoms with E-state index in [1.807, 2.05) is 38.1 Å². The zero-order valence-electron chi connectivity index (χ0n) is 13.2. The Morgan fingerprint density at radius 2 is 1.39 bits per heavy atom. The lowest BCUT2D eigenvalue weighted by Crippen LogP contribution is -2.46. The normalized spacial score (nSPS) is 16.0. The molecule has 2 aromatic rings. The standard InChI is InChI=1S/C18H19NO4/c1-13-3-7-15(8-4-13)18(23-19(21)22,17(20)11-12-17)16-9-5-14(2)6-10-16/h3-10,20H,11-12H2,1-2H3. The van der Waals surface area contributed by atoms with E-state index in [0.29, 0.717) is 24.0 Å². The number of rotatable bonds is 5. The fraction of sp³-hybridized carbons (Fsp3) is 0.333. The van der Waals surface area contributed by atoms with Crippen LogP contribution < -0.4 is 0 Å². The lowest BCUT2D eigenvalue weighted by atomic mass is 9.79. The molecule has 1 N–H and O–H groups in total. The van der Waals surface area contributed by atoms with Crippen LogP contribution in [0.2, 0.25) is 0 Å². The van der Waals surface area contributed by atoms with E-state index in [4.69, 9.17) is 4.84 Å². The van der Waals surface area contributed by atoms with Crippen molar-refractivity contribution < 1.29 is 15.0 Å². The van der Waals surface area contributed by atoms with E-state index in [1.54, 1.807) is 24.3 Å². The van der Waals surface area contributed by atoms with Gasteiger partial charge in [0, 0.05) is 0 Å². The first-order valence-corrected chi connectivity index (χ1v) is 7.58. The summed E-state index contributed by atoms with van der Waals surface area (Å²) in [6.07, 6.45) is 0.922. The third kappa shape index (κ3) is 2.57. The zero-order chi connectivity index (χ0) is 16.7. The van der Waals surface area contributed by atoms with Crippen LogP contribution in [0.25, 0.3) is 0 Å². The maximum absolute atomic E-state index is 11.2. The van der Waals surface area contributed by atoms with Crippen LogP contribution in [0, 0.1) is 24.0 Å². The highest BCUT2D eigenvalue weighted by molar-refractivity contribution is 5.44. The lowest BCUT2D eigenvalue weighted by molar-refractivity contribution is -0.785. The Bertz CT molecular complexity index is 672. The molecule has 1 aliphatic carbocycles. The van der Waals surface area contributed by atoms with Gasteiger partial charge in [-0.1, -0.05) is 59.7 Å². The van der Waals surface area contributed by atoms with Gasteiger partial charge in [0.05, 0.1) is 0 Å². The second-order valence-corrected chi connectivity index (χ2v) is 6.26. The predicted octanol–water partition coefficient (Wildman–Crippen LogP) is 3.28. The summed E-state index contributed by atoms with van der Waals surface area (Å²) in [6, 6.07) is 14.6. The Morgan fingerprint density at radius 1 is 1.00 bits per heavy atom. The minimum absolute atomic E-state index is 0.461. The fourth-order valence-corrected chi connectivity index (χ4v) is 3.05. The van der Waals surface area contributed by atoms with Crippen molar-refractivity contribution >= 4 is 0 Å². The highest BCUT2D eigenvalue weighted by Gasteiger charge is 2.63. The van der Waals surface area contributed by atoms with Crippen LogP contribution in [0.3, 0.4) is 0 Å². The summed E-state index contributed by atoms with van der Waals surface area (Å²) in [5.41, 5.74) is 0.473. The summed E-state index contributed by atoms with van der Waals surface area (Å²) in [7, 11) is 0. The van der Waals surface area contributed by atoms with Crippen LogP contribution >= 0.6 is 0 Å². The van der Waals surface area contributed by atoms with Gasteiger partial charge in [0.15, 0.2) is 5.60 Å². The molecule has 0 heterocycles. The van der Waals surface area contributed by atoms with Crippen LogP contribution in [0.5, 0.6) is 0 Å². The van der Waals surface area contributed by atoms with Crippen molar-refractivity contribution in [3.05, 3.63) is 80.9 Å². The van der Waals surface area contributed by atoms with Crippen molar-refractivity contribution in [1.29, 1.82) is 0 Å². The van der Waals surface area contributed by atoms with Gasteiger partial charge in [0.2, 0.25) is 0 Å². The maximum atomic E-state index is 11.2. The Morgan fingerprint density at radius 3 is 1.70 bits per heavy atom. The summed E-state index contributed by atoms with van der Waals surface area (Å²) in [5.74, 6) is 0. The molecule has 1 aliphatic rings. The first kappa shape index (κ1) is 15.5. The second kappa shape index (κ2) is 5.35. The summed E-state index contributed by atoms with van der Waals surface area (Å²) < 4.78 is 0. The van der Waals surface area contributed by atoms with Crippen molar-refractivity contribution in [2.24, 2.45) is 0 Å². The Labute approximate surface area is 134 Å². The van der Waals surface area contributed by atoms with Gasteiger partial charge in [-0.3, -0.25) is 4.84 Å².